The number of rotatable bonds is 0. The van der Waals surface area contributed by atoms with Crippen molar-refractivity contribution in [2.45, 2.75) is 6.42 Å². The molecule has 0 saturated heterocycles. The Kier molecular flexibility index (Phi) is 1.16. The first-order valence-corrected chi connectivity index (χ1v) is 3.02. The molecule has 0 N–H and O–H groups in total. The molecule has 6 heavy (non-hydrogen) atoms. The molecule has 0 saturated carbocycles. The van der Waals surface area contributed by atoms with Gasteiger partial charge in [-0.05, 0) is 0 Å². The van der Waals surface area contributed by atoms with Gasteiger partial charge in [-0.2, -0.15) is 0 Å². The van der Waals surface area contributed by atoms with E-state index < -0.39 is 0 Å². The Labute approximate surface area is 46.4 Å². The normalized spacial score (nSPS) is 18.5. The quantitative estimate of drug-likeness (QED) is 0.436. The fraction of sp³-hybridized carbons (Fsp3) is 0.200. The van der Waals surface area contributed by atoms with Crippen LogP contribution in [0.25, 0.3) is 0 Å². The van der Waals surface area contributed by atoms with Crippen LogP contribution in [0.3, 0.4) is 0 Å². The predicted molar refractivity (Wildman–Crippen MR) is 29.0 cm³/mol. The molecule has 31 valence electrons. The van der Waals surface area contributed by atoms with E-state index in [1.807, 2.05) is 0 Å². The Morgan fingerprint density at radius 2 is 2.50 bits per heavy atom. The summed E-state index contributed by atoms with van der Waals surface area (Å²) in [4.78, 5) is 0. The Morgan fingerprint density at radius 3 is 2.67 bits per heavy atom. The van der Waals surface area contributed by atoms with Crippen molar-refractivity contribution in [3.63, 3.8) is 0 Å². The van der Waals surface area contributed by atoms with Crippen LogP contribution in [0.4, 0.5) is 0 Å². The van der Waals surface area contributed by atoms with Crippen LogP contribution in [-0.2, 0) is 0 Å². The van der Waals surface area contributed by atoms with Gasteiger partial charge < -0.3 is 0 Å². The van der Waals surface area contributed by atoms with Crippen LogP contribution in [0.5, 0.6) is 0 Å². The zero-order chi connectivity index (χ0) is 4.41. The summed E-state index contributed by atoms with van der Waals surface area (Å²) in [5.74, 6) is 0. The SMILES string of the molecule is [AsH]C1=CC=CC1. The van der Waals surface area contributed by atoms with Crippen LogP contribution in [0.15, 0.2) is 22.6 Å². The molecule has 0 nitrogen and oxygen atoms in total. The summed E-state index contributed by atoms with van der Waals surface area (Å²) in [5, 5.41) is 0. The van der Waals surface area contributed by atoms with Gasteiger partial charge in [0.25, 0.3) is 0 Å². The van der Waals surface area contributed by atoms with Crippen LogP contribution in [0.1, 0.15) is 6.42 Å². The van der Waals surface area contributed by atoms with Crippen LogP contribution in [-0.4, -0.2) is 16.9 Å². The third kappa shape index (κ3) is 0.753. The molecule has 1 radical (unpaired) electrons. The van der Waals surface area contributed by atoms with Gasteiger partial charge in [0.2, 0.25) is 0 Å². The molecule has 0 fully saturated rings. The Morgan fingerprint density at radius 1 is 1.67 bits per heavy atom. The van der Waals surface area contributed by atoms with E-state index in [-0.39, 0.29) is 0 Å². The third-order valence-corrected chi connectivity index (χ3v) is 1.55. The maximum absolute atomic E-state index is 2.16. The molecule has 0 heterocycles. The third-order valence-electron chi connectivity index (χ3n) is 0.771. The summed E-state index contributed by atoms with van der Waals surface area (Å²) >= 11 is 2.14. The molecule has 0 aromatic carbocycles. The van der Waals surface area contributed by atoms with E-state index in [4.69, 9.17) is 0 Å². The van der Waals surface area contributed by atoms with Gasteiger partial charge in [0, 0.05) is 0 Å². The van der Waals surface area contributed by atoms with Crippen molar-refractivity contribution in [2.75, 3.05) is 0 Å². The summed E-state index contributed by atoms with van der Waals surface area (Å²) in [6, 6.07) is 0. The van der Waals surface area contributed by atoms with Crippen molar-refractivity contribution < 1.29 is 0 Å². The van der Waals surface area contributed by atoms with Crippen molar-refractivity contribution in [1.29, 1.82) is 0 Å². The number of hydrogen-bond acceptors (Lipinski definition) is 0. The van der Waals surface area contributed by atoms with Gasteiger partial charge in [-0.25, -0.2) is 0 Å². The second kappa shape index (κ2) is 1.66. The molecule has 0 spiro atoms. The molecule has 1 heteroatoms. The molecule has 0 atom stereocenters. The van der Waals surface area contributed by atoms with Crippen LogP contribution >= 0.6 is 0 Å². The van der Waals surface area contributed by atoms with Gasteiger partial charge in [0.1, 0.15) is 0 Å². The molecule has 0 unspecified atom stereocenters. The van der Waals surface area contributed by atoms with Crippen molar-refractivity contribution in [3.8, 4) is 0 Å². The number of allylic oxidation sites excluding steroid dienone is 4. The van der Waals surface area contributed by atoms with Gasteiger partial charge in [0.15, 0.2) is 0 Å². The first-order chi connectivity index (χ1) is 2.89. The first-order valence-electron chi connectivity index (χ1n) is 1.97. The molecule has 0 amide bonds. The van der Waals surface area contributed by atoms with Crippen molar-refractivity contribution >= 4 is 16.9 Å². The Balaban J connectivity index is 2.61. The van der Waals surface area contributed by atoms with E-state index >= 15 is 0 Å². The molecule has 1 aliphatic rings. The van der Waals surface area contributed by atoms with Gasteiger partial charge in [-0.1, -0.05) is 0 Å². The predicted octanol–water partition coefficient (Wildman–Crippen LogP) is 0.731. The summed E-state index contributed by atoms with van der Waals surface area (Å²) < 4.78 is 1.47. The second-order valence-electron chi connectivity index (χ2n) is 1.32. The molecule has 1 rings (SSSR count). The Bertz CT molecular complexity index is 101. The van der Waals surface area contributed by atoms with E-state index in [2.05, 4.69) is 35.1 Å². The van der Waals surface area contributed by atoms with Gasteiger partial charge in [-0.3, -0.25) is 0 Å². The van der Waals surface area contributed by atoms with Gasteiger partial charge >= 0.3 is 45.9 Å². The molecule has 0 bridgehead atoms. The molecular formula is C5H6As. The topological polar surface area (TPSA) is 0 Å². The average molecular weight is 141 g/mol. The van der Waals surface area contributed by atoms with E-state index in [1.165, 1.54) is 10.8 Å². The van der Waals surface area contributed by atoms with Crippen LogP contribution < -0.4 is 0 Å². The standard InChI is InChI=1S/C5H6As/c6-5-3-1-2-4-5/h1-3,6H,4H2. The van der Waals surface area contributed by atoms with Crippen molar-refractivity contribution in [2.24, 2.45) is 0 Å². The average Bonchev–Trinajstić information content (AvgIpc) is 1.86. The van der Waals surface area contributed by atoms with Crippen LogP contribution in [0.2, 0.25) is 0 Å². The van der Waals surface area contributed by atoms with E-state index in [9.17, 15) is 0 Å². The zero-order valence-electron chi connectivity index (χ0n) is 3.44. The fourth-order valence-corrected chi connectivity index (χ4v) is 0.896. The summed E-state index contributed by atoms with van der Waals surface area (Å²) in [7, 11) is 0. The van der Waals surface area contributed by atoms with E-state index in [0.717, 1.165) is 0 Å². The Hall–Kier alpha value is 0.0384. The van der Waals surface area contributed by atoms with Crippen molar-refractivity contribution in [3.05, 3.63) is 22.6 Å². The van der Waals surface area contributed by atoms with Crippen LogP contribution in [0, 0.1) is 0 Å². The monoisotopic (exact) mass is 141 g/mol. The second-order valence-corrected chi connectivity index (χ2v) is 2.67. The first kappa shape index (κ1) is 4.20. The molecular weight excluding hydrogens is 135 g/mol. The van der Waals surface area contributed by atoms with E-state index in [0.29, 0.717) is 0 Å². The van der Waals surface area contributed by atoms with Gasteiger partial charge in [-0.15, -0.1) is 0 Å². The maximum atomic E-state index is 2.16. The van der Waals surface area contributed by atoms with E-state index in [1.54, 1.807) is 0 Å². The number of hydrogen-bond donors (Lipinski definition) is 0. The summed E-state index contributed by atoms with van der Waals surface area (Å²) in [6.45, 7) is 0. The van der Waals surface area contributed by atoms with Gasteiger partial charge in [0.05, 0.1) is 0 Å². The minimum atomic E-state index is 1.17. The zero-order valence-corrected chi connectivity index (χ0v) is 5.54. The minimum absolute atomic E-state index is 1.17. The summed E-state index contributed by atoms with van der Waals surface area (Å²) in [6.07, 6.45) is 7.56. The molecule has 1 aliphatic carbocycles. The molecule has 0 aromatic heterocycles. The summed E-state index contributed by atoms with van der Waals surface area (Å²) in [5.41, 5.74) is 0. The fourth-order valence-electron chi connectivity index (χ4n) is 0.447. The molecule has 0 aromatic rings. The molecule has 0 aliphatic heterocycles. The van der Waals surface area contributed by atoms with Crippen molar-refractivity contribution in [1.82, 2.24) is 0 Å².